The first-order chi connectivity index (χ1) is 12.1. The molecule has 14 heteroatoms. The highest BCUT2D eigenvalue weighted by Gasteiger charge is 2.38. The zero-order valence-corrected chi connectivity index (χ0v) is 14.2. The van der Waals surface area contributed by atoms with Crippen molar-refractivity contribution in [2.24, 2.45) is 11.7 Å². The first-order valence-corrected chi connectivity index (χ1v) is 7.17. The second-order valence-corrected chi connectivity index (χ2v) is 5.29. The quantitative estimate of drug-likeness (QED) is 0.287. The molecule has 11 nitrogen and oxygen atoms in total. The fourth-order valence-electron chi connectivity index (χ4n) is 1.40. The third-order valence-electron chi connectivity index (χ3n) is 2.69. The maximum Gasteiger partial charge on any atom is 0.490 e. The van der Waals surface area contributed by atoms with Gasteiger partial charge in [-0.1, -0.05) is 13.8 Å². The van der Waals surface area contributed by atoms with E-state index in [-0.39, 0.29) is 0 Å². The molecule has 7 N–H and O–H groups in total. The zero-order valence-electron chi connectivity index (χ0n) is 14.2. The van der Waals surface area contributed by atoms with Crippen LogP contribution in [0.5, 0.6) is 0 Å². The molecule has 0 saturated carbocycles. The molecule has 156 valence electrons. The van der Waals surface area contributed by atoms with E-state index in [1.54, 1.807) is 13.8 Å². The number of carbonyl (C=O) groups is 5. The average molecular weight is 403 g/mol. The van der Waals surface area contributed by atoms with E-state index >= 15 is 0 Å². The standard InChI is InChI=1S/C11H19N3O6.C2HF3O2/c1-5(2)9(11(19)20)14-10(18)6(3-8(16)17)13-7(15)4-12;3-2(4,5)1(6)7/h5-6,9H,3-4,12H2,1-2H3,(H,13,15)(H,14,18)(H,16,17)(H,19,20);(H,6,7)/t6-,9-;/m0./s1. The molecule has 0 rings (SSSR count). The van der Waals surface area contributed by atoms with E-state index in [1.807, 2.05) is 0 Å². The summed E-state index contributed by atoms with van der Waals surface area (Å²) in [5.74, 6) is -7.29. The van der Waals surface area contributed by atoms with Crippen molar-refractivity contribution < 1.29 is 52.5 Å². The molecular weight excluding hydrogens is 383 g/mol. The lowest BCUT2D eigenvalue weighted by atomic mass is 10.0. The van der Waals surface area contributed by atoms with E-state index in [4.69, 9.17) is 25.8 Å². The fourth-order valence-corrected chi connectivity index (χ4v) is 1.40. The van der Waals surface area contributed by atoms with Crippen LogP contribution in [0.2, 0.25) is 0 Å². The second-order valence-electron chi connectivity index (χ2n) is 5.29. The van der Waals surface area contributed by atoms with Crippen LogP contribution in [-0.2, 0) is 24.0 Å². The van der Waals surface area contributed by atoms with Gasteiger partial charge in [-0.2, -0.15) is 13.2 Å². The van der Waals surface area contributed by atoms with Gasteiger partial charge in [0.1, 0.15) is 12.1 Å². The van der Waals surface area contributed by atoms with Crippen LogP contribution in [0.3, 0.4) is 0 Å². The highest BCUT2D eigenvalue weighted by molar-refractivity contribution is 5.93. The minimum atomic E-state index is -5.08. The second kappa shape index (κ2) is 11.7. The van der Waals surface area contributed by atoms with Gasteiger partial charge in [-0.25, -0.2) is 9.59 Å². The number of carbonyl (C=O) groups excluding carboxylic acids is 2. The molecule has 0 aliphatic heterocycles. The summed E-state index contributed by atoms with van der Waals surface area (Å²) in [4.78, 5) is 53.5. The number of alkyl halides is 3. The molecule has 0 aromatic carbocycles. The van der Waals surface area contributed by atoms with E-state index in [1.165, 1.54) is 0 Å². The van der Waals surface area contributed by atoms with E-state index < -0.39 is 66.9 Å². The predicted octanol–water partition coefficient (Wildman–Crippen LogP) is -1.24. The van der Waals surface area contributed by atoms with Crippen molar-refractivity contribution in [3.8, 4) is 0 Å². The zero-order chi connectivity index (χ0) is 21.9. The minimum absolute atomic E-state index is 0.396. The molecule has 2 amide bonds. The molecule has 0 aromatic heterocycles. The summed E-state index contributed by atoms with van der Waals surface area (Å²) < 4.78 is 31.7. The molecule has 0 bridgehead atoms. The highest BCUT2D eigenvalue weighted by Crippen LogP contribution is 2.13. The summed E-state index contributed by atoms with van der Waals surface area (Å²) in [6, 6.07) is -2.54. The number of hydrogen-bond acceptors (Lipinski definition) is 6. The third-order valence-corrected chi connectivity index (χ3v) is 2.69. The molecule has 0 saturated heterocycles. The number of rotatable bonds is 8. The number of carboxylic acid groups (broad SMARTS) is 3. The van der Waals surface area contributed by atoms with Gasteiger partial charge in [0.05, 0.1) is 13.0 Å². The number of halogens is 3. The number of aliphatic carboxylic acids is 3. The summed E-state index contributed by atoms with van der Waals surface area (Å²) in [7, 11) is 0. The van der Waals surface area contributed by atoms with E-state index in [9.17, 15) is 32.3 Å². The SMILES string of the molecule is CC(C)[C@H](NC(=O)[C@H](CC(=O)O)NC(=O)CN)C(=O)O.O=C(O)C(F)(F)F. The fraction of sp³-hybridized carbons (Fsp3) is 0.615. The van der Waals surface area contributed by atoms with E-state index in [0.29, 0.717) is 0 Å². The molecule has 0 aliphatic carbocycles. The Morgan fingerprint density at radius 2 is 1.44 bits per heavy atom. The van der Waals surface area contributed by atoms with E-state index in [0.717, 1.165) is 0 Å². The van der Waals surface area contributed by atoms with Gasteiger partial charge in [-0.05, 0) is 5.92 Å². The Hall–Kier alpha value is -2.90. The Morgan fingerprint density at radius 1 is 1.00 bits per heavy atom. The number of amides is 2. The lowest BCUT2D eigenvalue weighted by Gasteiger charge is -2.22. The lowest BCUT2D eigenvalue weighted by molar-refractivity contribution is -0.192. The number of nitrogens with two attached hydrogens (primary N) is 1. The van der Waals surface area contributed by atoms with Gasteiger partial charge in [-0.15, -0.1) is 0 Å². The van der Waals surface area contributed by atoms with Gasteiger partial charge in [0.15, 0.2) is 0 Å². The van der Waals surface area contributed by atoms with Crippen molar-refractivity contribution in [3.05, 3.63) is 0 Å². The summed E-state index contributed by atoms with van der Waals surface area (Å²) in [6.45, 7) is 2.77. The predicted molar refractivity (Wildman–Crippen MR) is 81.3 cm³/mol. The van der Waals surface area contributed by atoms with Gasteiger partial charge in [-0.3, -0.25) is 14.4 Å². The minimum Gasteiger partial charge on any atom is -0.481 e. The Morgan fingerprint density at radius 3 is 1.70 bits per heavy atom. The number of carboxylic acids is 3. The van der Waals surface area contributed by atoms with Crippen molar-refractivity contribution in [1.29, 1.82) is 0 Å². The Kier molecular flexibility index (Phi) is 11.4. The first kappa shape index (κ1) is 26.3. The molecule has 2 atom stereocenters. The molecular formula is C13H20F3N3O8. The number of nitrogens with one attached hydrogen (secondary N) is 2. The molecule has 27 heavy (non-hydrogen) atoms. The van der Waals surface area contributed by atoms with Crippen molar-refractivity contribution in [2.75, 3.05) is 6.54 Å². The van der Waals surface area contributed by atoms with Crippen LogP contribution in [0.4, 0.5) is 13.2 Å². The molecule has 0 spiro atoms. The topological polar surface area (TPSA) is 196 Å². The van der Waals surface area contributed by atoms with Gasteiger partial charge < -0.3 is 31.7 Å². The maximum absolute atomic E-state index is 11.9. The third kappa shape index (κ3) is 12.1. The van der Waals surface area contributed by atoms with Crippen LogP contribution >= 0.6 is 0 Å². The summed E-state index contributed by atoms with van der Waals surface area (Å²) in [5, 5.41) is 29.1. The van der Waals surface area contributed by atoms with Crippen molar-refractivity contribution in [1.82, 2.24) is 10.6 Å². The van der Waals surface area contributed by atoms with Gasteiger partial charge >= 0.3 is 24.1 Å². The maximum atomic E-state index is 11.9. The Labute approximate surface area is 150 Å². The monoisotopic (exact) mass is 403 g/mol. The molecule has 0 unspecified atom stereocenters. The van der Waals surface area contributed by atoms with E-state index in [2.05, 4.69) is 10.6 Å². The van der Waals surface area contributed by atoms with Crippen molar-refractivity contribution in [3.63, 3.8) is 0 Å². The largest absolute Gasteiger partial charge is 0.490 e. The van der Waals surface area contributed by atoms with Crippen LogP contribution in [0, 0.1) is 5.92 Å². The van der Waals surface area contributed by atoms with Crippen LogP contribution in [-0.4, -0.2) is 69.8 Å². The van der Waals surface area contributed by atoms with Gasteiger partial charge in [0.25, 0.3) is 0 Å². The van der Waals surface area contributed by atoms with Crippen LogP contribution in [0.25, 0.3) is 0 Å². The number of hydrogen-bond donors (Lipinski definition) is 6. The Bertz CT molecular complexity index is 565. The van der Waals surface area contributed by atoms with Crippen molar-refractivity contribution in [2.45, 2.75) is 38.5 Å². The highest BCUT2D eigenvalue weighted by atomic mass is 19.4. The van der Waals surface area contributed by atoms with Crippen molar-refractivity contribution >= 4 is 29.7 Å². The van der Waals surface area contributed by atoms with Crippen LogP contribution < -0.4 is 16.4 Å². The lowest BCUT2D eigenvalue weighted by Crippen LogP contribution is -2.54. The Balaban J connectivity index is 0. The van der Waals surface area contributed by atoms with Crippen LogP contribution in [0.15, 0.2) is 0 Å². The summed E-state index contributed by atoms with van der Waals surface area (Å²) >= 11 is 0. The normalized spacial score (nSPS) is 12.9. The average Bonchev–Trinajstić information content (AvgIpc) is 2.49. The molecule has 0 aliphatic rings. The molecule has 0 radical (unpaired) electrons. The molecule has 0 aromatic rings. The summed E-state index contributed by atoms with van der Waals surface area (Å²) in [6.07, 6.45) is -5.75. The first-order valence-electron chi connectivity index (χ1n) is 7.17. The molecule has 0 fully saturated rings. The van der Waals surface area contributed by atoms with Gasteiger partial charge in [0.2, 0.25) is 11.8 Å². The van der Waals surface area contributed by atoms with Gasteiger partial charge in [0, 0.05) is 0 Å². The summed E-state index contributed by atoms with van der Waals surface area (Å²) in [5.41, 5.74) is 5.06. The molecule has 0 heterocycles. The smallest absolute Gasteiger partial charge is 0.481 e. The van der Waals surface area contributed by atoms with Crippen LogP contribution in [0.1, 0.15) is 20.3 Å².